The molecule has 0 aliphatic heterocycles. The van der Waals surface area contributed by atoms with Crippen LogP contribution in [0, 0.1) is 18.6 Å². The van der Waals surface area contributed by atoms with E-state index in [1.807, 2.05) is 28.4 Å². The third-order valence-corrected chi connectivity index (χ3v) is 8.34. The first kappa shape index (κ1) is 28.8. The number of hydrogen-bond donors (Lipinski definition) is 2. The van der Waals surface area contributed by atoms with E-state index in [0.29, 0.717) is 51.7 Å². The molecule has 1 fully saturated rings. The zero-order valence-corrected chi connectivity index (χ0v) is 24.4. The summed E-state index contributed by atoms with van der Waals surface area (Å²) in [5.74, 6) is 0.197. The van der Waals surface area contributed by atoms with Gasteiger partial charge < -0.3 is 19.5 Å². The molecule has 3 aromatic carbocycles. The second-order valence-electron chi connectivity index (χ2n) is 11.5. The Labute approximate surface area is 257 Å². The van der Waals surface area contributed by atoms with E-state index in [4.69, 9.17) is 9.72 Å². The summed E-state index contributed by atoms with van der Waals surface area (Å²) < 4.78 is 39.5. The fourth-order valence-electron chi connectivity index (χ4n) is 5.62. The van der Waals surface area contributed by atoms with E-state index in [0.717, 1.165) is 23.9 Å². The summed E-state index contributed by atoms with van der Waals surface area (Å²) in [6.45, 7) is 2.37. The van der Waals surface area contributed by atoms with Crippen LogP contribution >= 0.6 is 0 Å². The van der Waals surface area contributed by atoms with E-state index >= 15 is 4.39 Å². The number of rotatable bonds is 10. The van der Waals surface area contributed by atoms with E-state index < -0.39 is 12.1 Å². The molecule has 0 amide bonds. The van der Waals surface area contributed by atoms with Gasteiger partial charge in [-0.25, -0.2) is 23.4 Å². The molecule has 2 N–H and O–H groups in total. The topological polar surface area (TPSA) is 111 Å². The van der Waals surface area contributed by atoms with Crippen LogP contribution in [0.15, 0.2) is 85.2 Å². The van der Waals surface area contributed by atoms with E-state index in [9.17, 15) is 14.6 Å². The van der Waals surface area contributed by atoms with Crippen LogP contribution in [0.4, 0.5) is 8.78 Å². The monoisotopic (exact) mass is 608 g/mol. The molecule has 1 aliphatic rings. The minimum atomic E-state index is -1.63. The van der Waals surface area contributed by atoms with Gasteiger partial charge in [-0.15, -0.1) is 5.10 Å². The molecular weight excluding hydrogens is 578 g/mol. The van der Waals surface area contributed by atoms with Crippen molar-refractivity contribution in [3.05, 3.63) is 125 Å². The second-order valence-corrected chi connectivity index (χ2v) is 11.5. The fraction of sp³-hybridized carbons (Fsp3) is 0.235. The Balaban J connectivity index is 1.16. The van der Waals surface area contributed by atoms with Gasteiger partial charge in [0, 0.05) is 41.9 Å². The van der Waals surface area contributed by atoms with Crippen molar-refractivity contribution < 1.29 is 23.7 Å². The first-order chi connectivity index (χ1) is 21.8. The lowest BCUT2D eigenvalue weighted by atomic mass is 10.1. The smallest absolute Gasteiger partial charge is 0.214 e. The Morgan fingerprint density at radius 1 is 0.933 bits per heavy atom. The number of ether oxygens (including phenoxy) is 1. The Morgan fingerprint density at radius 3 is 2.49 bits per heavy atom. The second kappa shape index (κ2) is 11.5. The molecule has 9 nitrogen and oxygen atoms in total. The van der Waals surface area contributed by atoms with Crippen molar-refractivity contribution in [2.45, 2.75) is 51.2 Å². The highest BCUT2D eigenvalue weighted by Crippen LogP contribution is 2.45. The molecule has 6 aromatic rings. The lowest BCUT2D eigenvalue weighted by Gasteiger charge is -2.19. The third-order valence-electron chi connectivity index (χ3n) is 8.34. The largest absolute Gasteiger partial charge is 0.473 e. The molecular formula is C34H30F2N6O3. The number of aliphatic hydroxyl groups is 2. The zero-order valence-electron chi connectivity index (χ0n) is 24.4. The summed E-state index contributed by atoms with van der Waals surface area (Å²) in [6, 6.07) is 20.2. The molecule has 0 unspecified atom stereocenters. The standard InChI is InChI=1S/C34H30F2N6O3/c1-21-5-6-25(26(35)15-21)19-45-32-4-2-3-28(39-32)23-8-7-22(27(36)16-23)18-31-38-29-10-9-24(33(43)44)17-30(29)41(31)20-34(11-12-34)42-14-13-37-40-42/h2-10,13-17,33,43-44H,11-12,18-20H2,1H3. The maximum atomic E-state index is 15.7. The molecule has 11 heteroatoms. The van der Waals surface area contributed by atoms with Gasteiger partial charge in [-0.1, -0.05) is 41.6 Å². The number of aliphatic hydroxyl groups excluding tert-OH is 1. The molecule has 0 saturated heterocycles. The SMILES string of the molecule is Cc1ccc(COc2cccc(-c3ccc(Cc4nc5ccc(C(O)O)cc5n4CC4(n5ccnn5)CC4)c(F)c3)n2)c(F)c1. The van der Waals surface area contributed by atoms with Crippen LogP contribution in [0.1, 0.15) is 47.2 Å². The van der Waals surface area contributed by atoms with Crippen LogP contribution in [0.2, 0.25) is 0 Å². The van der Waals surface area contributed by atoms with Crippen LogP contribution in [-0.2, 0) is 25.1 Å². The predicted molar refractivity (Wildman–Crippen MR) is 162 cm³/mol. The number of aromatic nitrogens is 6. The zero-order chi connectivity index (χ0) is 31.1. The average Bonchev–Trinajstić information content (AvgIpc) is 3.44. The van der Waals surface area contributed by atoms with Crippen LogP contribution < -0.4 is 4.74 Å². The highest BCUT2D eigenvalue weighted by molar-refractivity contribution is 5.77. The molecule has 1 aliphatic carbocycles. The molecule has 3 heterocycles. The van der Waals surface area contributed by atoms with Gasteiger partial charge in [0.2, 0.25) is 5.88 Å². The van der Waals surface area contributed by atoms with Crippen molar-refractivity contribution in [2.24, 2.45) is 0 Å². The number of nitrogens with zero attached hydrogens (tertiary/aromatic N) is 6. The molecule has 3 aromatic heterocycles. The van der Waals surface area contributed by atoms with Crippen molar-refractivity contribution >= 4 is 11.0 Å². The van der Waals surface area contributed by atoms with E-state index in [2.05, 4.69) is 15.3 Å². The summed E-state index contributed by atoms with van der Waals surface area (Å²) in [7, 11) is 0. The van der Waals surface area contributed by atoms with Crippen LogP contribution in [0.25, 0.3) is 22.3 Å². The van der Waals surface area contributed by atoms with Crippen molar-refractivity contribution in [3.63, 3.8) is 0 Å². The molecule has 7 rings (SSSR count). The Hall–Kier alpha value is -5.00. The van der Waals surface area contributed by atoms with Crippen molar-refractivity contribution in [1.82, 2.24) is 29.5 Å². The lowest BCUT2D eigenvalue weighted by molar-refractivity contribution is -0.0424. The van der Waals surface area contributed by atoms with Crippen molar-refractivity contribution in [2.75, 3.05) is 0 Å². The Bertz CT molecular complexity index is 2000. The minimum Gasteiger partial charge on any atom is -0.473 e. The average molecular weight is 609 g/mol. The lowest BCUT2D eigenvalue weighted by Crippen LogP contribution is -2.25. The van der Waals surface area contributed by atoms with Gasteiger partial charge in [0.25, 0.3) is 0 Å². The fourth-order valence-corrected chi connectivity index (χ4v) is 5.62. The summed E-state index contributed by atoms with van der Waals surface area (Å²) in [6.07, 6.45) is 3.86. The Kier molecular flexibility index (Phi) is 7.34. The van der Waals surface area contributed by atoms with Gasteiger partial charge in [-0.05, 0) is 61.2 Å². The minimum absolute atomic E-state index is 0.0216. The normalized spacial score (nSPS) is 13.9. The molecule has 0 radical (unpaired) electrons. The van der Waals surface area contributed by atoms with Gasteiger partial charge in [0.15, 0.2) is 6.29 Å². The number of halogens is 2. The number of aryl methyl sites for hydroxylation is 1. The van der Waals surface area contributed by atoms with Gasteiger partial charge >= 0.3 is 0 Å². The van der Waals surface area contributed by atoms with Crippen LogP contribution in [0.3, 0.4) is 0 Å². The maximum absolute atomic E-state index is 15.7. The van der Waals surface area contributed by atoms with Gasteiger partial charge in [-0.2, -0.15) is 0 Å². The number of fused-ring (bicyclic) bond motifs is 1. The first-order valence-corrected chi connectivity index (χ1v) is 14.6. The number of hydrogen-bond acceptors (Lipinski definition) is 7. The molecule has 45 heavy (non-hydrogen) atoms. The van der Waals surface area contributed by atoms with Crippen molar-refractivity contribution in [3.8, 4) is 17.1 Å². The number of imidazole rings is 1. The molecule has 228 valence electrons. The summed E-state index contributed by atoms with van der Waals surface area (Å²) >= 11 is 0. The highest BCUT2D eigenvalue weighted by Gasteiger charge is 2.46. The number of pyridine rings is 1. The van der Waals surface area contributed by atoms with E-state index in [-0.39, 0.29) is 24.4 Å². The molecule has 1 saturated carbocycles. The number of benzene rings is 3. The molecule has 0 bridgehead atoms. The van der Waals surface area contributed by atoms with Crippen molar-refractivity contribution in [1.29, 1.82) is 0 Å². The van der Waals surface area contributed by atoms with E-state index in [1.165, 1.54) is 12.1 Å². The Morgan fingerprint density at radius 2 is 1.76 bits per heavy atom. The molecule has 0 atom stereocenters. The molecule has 0 spiro atoms. The third kappa shape index (κ3) is 5.79. The summed E-state index contributed by atoms with van der Waals surface area (Å²) in [5, 5.41) is 27.8. The van der Waals surface area contributed by atoms with Gasteiger partial charge in [-0.3, -0.25) is 0 Å². The maximum Gasteiger partial charge on any atom is 0.214 e. The van der Waals surface area contributed by atoms with Gasteiger partial charge in [0.05, 0.1) is 28.5 Å². The van der Waals surface area contributed by atoms with Crippen LogP contribution in [0.5, 0.6) is 5.88 Å². The first-order valence-electron chi connectivity index (χ1n) is 14.6. The summed E-state index contributed by atoms with van der Waals surface area (Å²) in [4.78, 5) is 9.34. The summed E-state index contributed by atoms with van der Waals surface area (Å²) in [5.41, 5.74) is 4.26. The van der Waals surface area contributed by atoms with E-state index in [1.54, 1.807) is 60.8 Å². The predicted octanol–water partition coefficient (Wildman–Crippen LogP) is 5.62. The quantitative estimate of drug-likeness (QED) is 0.194. The van der Waals surface area contributed by atoms with Gasteiger partial charge in [0.1, 0.15) is 24.1 Å². The highest BCUT2D eigenvalue weighted by atomic mass is 19.1. The van der Waals surface area contributed by atoms with Crippen LogP contribution in [-0.4, -0.2) is 39.7 Å².